The van der Waals surface area contributed by atoms with Gasteiger partial charge in [-0.2, -0.15) is 0 Å². The molecule has 2 saturated heterocycles. The third-order valence-electron chi connectivity index (χ3n) is 2.40. The molecule has 0 bridgehead atoms. The fourth-order valence-corrected chi connectivity index (χ4v) is 2.94. The molecular formula is C7H14N2OS. The number of piperazine rings is 1. The molecule has 2 N–H and O–H groups in total. The maximum atomic E-state index is 8.92. The summed E-state index contributed by atoms with van der Waals surface area (Å²) >= 11 is 2.00. The number of hydrogen-bond donors (Lipinski definition) is 2. The number of hydrogen-bond acceptors (Lipinski definition) is 4. The minimum atomic E-state index is 0.272. The Morgan fingerprint density at radius 3 is 3.36 bits per heavy atom. The summed E-state index contributed by atoms with van der Waals surface area (Å²) in [5, 5.41) is 12.3. The van der Waals surface area contributed by atoms with Gasteiger partial charge in [0, 0.05) is 36.8 Å². The summed E-state index contributed by atoms with van der Waals surface area (Å²) in [7, 11) is 0. The van der Waals surface area contributed by atoms with E-state index < -0.39 is 0 Å². The quantitative estimate of drug-likeness (QED) is 0.552. The highest BCUT2D eigenvalue weighted by Gasteiger charge is 2.30. The van der Waals surface area contributed by atoms with E-state index in [9.17, 15) is 0 Å². The van der Waals surface area contributed by atoms with Gasteiger partial charge in [0.25, 0.3) is 0 Å². The van der Waals surface area contributed by atoms with Crippen molar-refractivity contribution in [1.29, 1.82) is 0 Å². The van der Waals surface area contributed by atoms with Gasteiger partial charge in [0.15, 0.2) is 0 Å². The molecule has 0 unspecified atom stereocenters. The molecule has 2 heterocycles. The van der Waals surface area contributed by atoms with Gasteiger partial charge in [-0.05, 0) is 0 Å². The summed E-state index contributed by atoms with van der Waals surface area (Å²) in [5.74, 6) is 2.41. The lowest BCUT2D eigenvalue weighted by atomic mass is 10.1. The van der Waals surface area contributed by atoms with Crippen molar-refractivity contribution in [2.75, 3.05) is 31.3 Å². The van der Waals surface area contributed by atoms with E-state index >= 15 is 0 Å². The van der Waals surface area contributed by atoms with Crippen LogP contribution in [0, 0.1) is 0 Å². The number of nitrogens with one attached hydrogen (secondary N) is 1. The number of thioether (sulfide) groups is 1. The predicted octanol–water partition coefficient (Wildman–Crippen LogP) is -0.675. The predicted molar refractivity (Wildman–Crippen MR) is 46.7 cm³/mol. The number of aliphatic hydroxyl groups is 1. The van der Waals surface area contributed by atoms with Crippen LogP contribution < -0.4 is 5.32 Å². The van der Waals surface area contributed by atoms with Crippen molar-refractivity contribution < 1.29 is 5.11 Å². The average Bonchev–Trinajstić information content (AvgIpc) is 2.50. The van der Waals surface area contributed by atoms with Gasteiger partial charge in [-0.25, -0.2) is 0 Å². The zero-order chi connectivity index (χ0) is 7.68. The molecule has 0 aromatic carbocycles. The van der Waals surface area contributed by atoms with Crippen molar-refractivity contribution >= 4 is 11.8 Å². The number of fused-ring (bicyclic) bond motifs is 1. The summed E-state index contributed by atoms with van der Waals surface area (Å²) < 4.78 is 0. The highest BCUT2D eigenvalue weighted by Crippen LogP contribution is 2.22. The Labute approximate surface area is 71.1 Å². The summed E-state index contributed by atoms with van der Waals surface area (Å²) in [6, 6.07) is 1.03. The molecule has 11 heavy (non-hydrogen) atoms. The first-order valence-corrected chi connectivity index (χ1v) is 5.21. The fraction of sp³-hybridized carbons (Fsp3) is 1.00. The number of rotatable bonds is 1. The Morgan fingerprint density at radius 1 is 1.64 bits per heavy atom. The van der Waals surface area contributed by atoms with Gasteiger partial charge in [-0.15, -0.1) is 11.8 Å². The zero-order valence-electron chi connectivity index (χ0n) is 6.49. The van der Waals surface area contributed by atoms with Gasteiger partial charge in [-0.3, -0.25) is 4.90 Å². The molecule has 0 spiro atoms. The largest absolute Gasteiger partial charge is 0.395 e. The Balaban J connectivity index is 1.91. The van der Waals surface area contributed by atoms with Crippen LogP contribution in [-0.4, -0.2) is 53.4 Å². The SMILES string of the molecule is OC[C@H]1CN2CSC[C@H]2CN1. The molecule has 2 aliphatic heterocycles. The first-order valence-electron chi connectivity index (χ1n) is 4.06. The van der Waals surface area contributed by atoms with E-state index in [0.717, 1.165) is 25.0 Å². The third-order valence-corrected chi connectivity index (χ3v) is 3.54. The van der Waals surface area contributed by atoms with Crippen LogP contribution in [0.5, 0.6) is 0 Å². The first-order chi connectivity index (χ1) is 5.40. The lowest BCUT2D eigenvalue weighted by Gasteiger charge is -2.34. The highest BCUT2D eigenvalue weighted by atomic mass is 32.2. The van der Waals surface area contributed by atoms with Crippen LogP contribution in [0.25, 0.3) is 0 Å². The standard InChI is InChI=1S/C7H14N2OS/c10-3-6-2-9-5-11-4-7(9)1-8-6/h6-8,10H,1-5H2/t6-,7-/m1/s1. The molecule has 64 valence electrons. The van der Waals surface area contributed by atoms with Crippen molar-refractivity contribution in [1.82, 2.24) is 10.2 Å². The van der Waals surface area contributed by atoms with E-state index in [4.69, 9.17) is 5.11 Å². The molecule has 2 atom stereocenters. The molecule has 0 saturated carbocycles. The van der Waals surface area contributed by atoms with Gasteiger partial charge in [-0.1, -0.05) is 0 Å². The molecule has 2 aliphatic rings. The van der Waals surface area contributed by atoms with Crippen LogP contribution in [0.1, 0.15) is 0 Å². The van der Waals surface area contributed by atoms with Gasteiger partial charge in [0.2, 0.25) is 0 Å². The molecule has 0 aromatic heterocycles. The monoisotopic (exact) mass is 174 g/mol. The second-order valence-electron chi connectivity index (χ2n) is 3.21. The first kappa shape index (κ1) is 7.86. The minimum Gasteiger partial charge on any atom is -0.395 e. The van der Waals surface area contributed by atoms with E-state index in [1.165, 1.54) is 5.75 Å². The van der Waals surface area contributed by atoms with Crippen LogP contribution in [0.15, 0.2) is 0 Å². The second-order valence-corrected chi connectivity index (χ2v) is 4.21. The van der Waals surface area contributed by atoms with E-state index in [1.54, 1.807) is 0 Å². The van der Waals surface area contributed by atoms with Crippen molar-refractivity contribution in [2.45, 2.75) is 12.1 Å². The maximum absolute atomic E-state index is 8.92. The lowest BCUT2D eigenvalue weighted by Crippen LogP contribution is -2.55. The van der Waals surface area contributed by atoms with Crippen LogP contribution in [0.3, 0.4) is 0 Å². The highest BCUT2D eigenvalue weighted by molar-refractivity contribution is 7.99. The molecule has 0 amide bonds. The maximum Gasteiger partial charge on any atom is 0.0597 e. The van der Waals surface area contributed by atoms with Crippen molar-refractivity contribution in [3.8, 4) is 0 Å². The average molecular weight is 174 g/mol. The normalized spacial score (nSPS) is 39.0. The molecule has 0 aliphatic carbocycles. The van der Waals surface area contributed by atoms with Crippen LogP contribution in [-0.2, 0) is 0 Å². The Bertz CT molecular complexity index is 144. The molecule has 0 radical (unpaired) electrons. The lowest BCUT2D eigenvalue weighted by molar-refractivity contribution is 0.136. The van der Waals surface area contributed by atoms with E-state index in [2.05, 4.69) is 10.2 Å². The van der Waals surface area contributed by atoms with E-state index in [0.29, 0.717) is 6.04 Å². The van der Waals surface area contributed by atoms with Gasteiger partial charge in [0.1, 0.15) is 0 Å². The van der Waals surface area contributed by atoms with Crippen molar-refractivity contribution in [3.63, 3.8) is 0 Å². The van der Waals surface area contributed by atoms with Gasteiger partial charge < -0.3 is 10.4 Å². The smallest absolute Gasteiger partial charge is 0.0597 e. The molecule has 3 nitrogen and oxygen atoms in total. The molecule has 2 fully saturated rings. The molecular weight excluding hydrogens is 160 g/mol. The van der Waals surface area contributed by atoms with Crippen LogP contribution >= 0.6 is 11.8 Å². The van der Waals surface area contributed by atoms with E-state index in [1.807, 2.05) is 11.8 Å². The minimum absolute atomic E-state index is 0.272. The Morgan fingerprint density at radius 2 is 2.55 bits per heavy atom. The van der Waals surface area contributed by atoms with E-state index in [-0.39, 0.29) is 6.61 Å². The van der Waals surface area contributed by atoms with Gasteiger partial charge >= 0.3 is 0 Å². The van der Waals surface area contributed by atoms with Crippen molar-refractivity contribution in [2.24, 2.45) is 0 Å². The summed E-state index contributed by atoms with van der Waals surface area (Å²) in [4.78, 5) is 2.46. The van der Waals surface area contributed by atoms with Crippen molar-refractivity contribution in [3.05, 3.63) is 0 Å². The fourth-order valence-electron chi connectivity index (χ4n) is 1.68. The van der Waals surface area contributed by atoms with Crippen LogP contribution in [0.2, 0.25) is 0 Å². The Kier molecular flexibility index (Phi) is 2.36. The number of nitrogens with zero attached hydrogens (tertiary/aromatic N) is 1. The number of aliphatic hydroxyl groups excluding tert-OH is 1. The molecule has 0 aromatic rings. The summed E-state index contributed by atoms with van der Waals surface area (Å²) in [6.45, 7) is 2.35. The summed E-state index contributed by atoms with van der Waals surface area (Å²) in [5.41, 5.74) is 0. The van der Waals surface area contributed by atoms with Gasteiger partial charge in [0.05, 0.1) is 6.61 Å². The Hall–Kier alpha value is 0.230. The second kappa shape index (κ2) is 3.31. The zero-order valence-corrected chi connectivity index (χ0v) is 7.31. The third kappa shape index (κ3) is 1.54. The topological polar surface area (TPSA) is 35.5 Å². The summed E-state index contributed by atoms with van der Waals surface area (Å²) in [6.07, 6.45) is 0. The van der Waals surface area contributed by atoms with Crippen LogP contribution in [0.4, 0.5) is 0 Å². The molecule has 4 heteroatoms. The molecule has 2 rings (SSSR count).